The third kappa shape index (κ3) is 2.32. The van der Waals surface area contributed by atoms with Gasteiger partial charge in [-0.25, -0.2) is 0 Å². The molecule has 2 fully saturated rings. The first-order chi connectivity index (χ1) is 7.86. The summed E-state index contributed by atoms with van der Waals surface area (Å²) in [5.41, 5.74) is 0.487. The van der Waals surface area contributed by atoms with Crippen LogP contribution in [-0.4, -0.2) is 12.6 Å². The average molecular weight is 219 g/mol. The summed E-state index contributed by atoms with van der Waals surface area (Å²) in [6.07, 6.45) is 11.2. The van der Waals surface area contributed by atoms with Crippen molar-refractivity contribution in [3.8, 4) is 0 Å². The van der Waals surface area contributed by atoms with Crippen LogP contribution in [0.15, 0.2) is 22.8 Å². The van der Waals surface area contributed by atoms with Crippen LogP contribution in [0.2, 0.25) is 0 Å². The van der Waals surface area contributed by atoms with Crippen LogP contribution in [0.3, 0.4) is 0 Å². The Morgan fingerprint density at radius 3 is 2.75 bits per heavy atom. The highest BCUT2D eigenvalue weighted by Gasteiger charge is 2.36. The van der Waals surface area contributed by atoms with Gasteiger partial charge in [0.25, 0.3) is 0 Å². The smallest absolute Gasteiger partial charge is 0.104 e. The Kier molecular flexibility index (Phi) is 2.76. The van der Waals surface area contributed by atoms with E-state index in [1.165, 1.54) is 50.8 Å². The number of nitrogens with one attached hydrogen (secondary N) is 1. The zero-order valence-corrected chi connectivity index (χ0v) is 9.87. The fourth-order valence-corrected chi connectivity index (χ4v) is 2.97. The second-order valence-electron chi connectivity index (χ2n) is 5.62. The topological polar surface area (TPSA) is 25.2 Å². The minimum Gasteiger partial charge on any atom is -0.469 e. The summed E-state index contributed by atoms with van der Waals surface area (Å²) in [6.45, 7) is 1.19. The lowest BCUT2D eigenvalue weighted by molar-refractivity contribution is 0.257. The Morgan fingerprint density at radius 1 is 1.31 bits per heavy atom. The SMILES string of the molecule is c1coc(CC2(CNC3CC3)CCCC2)c1. The Balaban J connectivity index is 1.63. The van der Waals surface area contributed by atoms with Gasteiger partial charge in [-0.1, -0.05) is 12.8 Å². The second-order valence-corrected chi connectivity index (χ2v) is 5.62. The van der Waals surface area contributed by atoms with Gasteiger partial charge in [0.15, 0.2) is 0 Å². The summed E-state index contributed by atoms with van der Waals surface area (Å²) < 4.78 is 5.52. The van der Waals surface area contributed by atoms with Gasteiger partial charge in [0.2, 0.25) is 0 Å². The van der Waals surface area contributed by atoms with Crippen molar-refractivity contribution >= 4 is 0 Å². The molecule has 0 amide bonds. The summed E-state index contributed by atoms with van der Waals surface area (Å²) in [4.78, 5) is 0. The molecule has 0 bridgehead atoms. The van der Waals surface area contributed by atoms with Gasteiger partial charge in [-0.2, -0.15) is 0 Å². The molecule has 2 nitrogen and oxygen atoms in total. The molecule has 1 aromatic heterocycles. The highest BCUT2D eigenvalue weighted by molar-refractivity contribution is 5.04. The molecular formula is C14H21NO. The summed E-state index contributed by atoms with van der Waals surface area (Å²) in [6, 6.07) is 4.96. The quantitative estimate of drug-likeness (QED) is 0.823. The predicted octanol–water partition coefficient (Wildman–Crippen LogP) is 3.13. The highest BCUT2D eigenvalue weighted by atomic mass is 16.3. The Morgan fingerprint density at radius 2 is 2.12 bits per heavy atom. The van der Waals surface area contributed by atoms with E-state index in [4.69, 9.17) is 4.42 Å². The highest BCUT2D eigenvalue weighted by Crippen LogP contribution is 2.41. The van der Waals surface area contributed by atoms with E-state index < -0.39 is 0 Å². The molecule has 2 saturated carbocycles. The van der Waals surface area contributed by atoms with Crippen molar-refractivity contribution in [1.82, 2.24) is 5.32 Å². The van der Waals surface area contributed by atoms with E-state index in [2.05, 4.69) is 11.4 Å². The molecule has 88 valence electrons. The van der Waals surface area contributed by atoms with Gasteiger partial charge in [0.1, 0.15) is 5.76 Å². The van der Waals surface area contributed by atoms with Crippen molar-refractivity contribution in [2.75, 3.05) is 6.54 Å². The van der Waals surface area contributed by atoms with Gasteiger partial charge >= 0.3 is 0 Å². The van der Waals surface area contributed by atoms with Gasteiger partial charge in [0.05, 0.1) is 6.26 Å². The van der Waals surface area contributed by atoms with Crippen LogP contribution in [-0.2, 0) is 6.42 Å². The maximum atomic E-state index is 5.52. The van der Waals surface area contributed by atoms with Crippen LogP contribution >= 0.6 is 0 Å². The Hall–Kier alpha value is -0.760. The van der Waals surface area contributed by atoms with Crippen molar-refractivity contribution in [2.45, 2.75) is 51.0 Å². The van der Waals surface area contributed by atoms with Crippen LogP contribution in [0, 0.1) is 5.41 Å². The summed E-state index contributed by atoms with van der Waals surface area (Å²) in [7, 11) is 0. The Labute approximate surface area is 97.4 Å². The van der Waals surface area contributed by atoms with E-state index >= 15 is 0 Å². The first kappa shape index (κ1) is 10.4. The minimum absolute atomic E-state index is 0.487. The molecule has 0 aliphatic heterocycles. The van der Waals surface area contributed by atoms with E-state index in [0.717, 1.165) is 12.5 Å². The second kappa shape index (κ2) is 4.25. The van der Waals surface area contributed by atoms with E-state index in [0.29, 0.717) is 5.41 Å². The molecule has 0 saturated heterocycles. The fraction of sp³-hybridized carbons (Fsp3) is 0.714. The molecule has 1 heterocycles. The molecule has 0 spiro atoms. The van der Waals surface area contributed by atoms with E-state index in [9.17, 15) is 0 Å². The Bertz CT molecular complexity index is 321. The lowest BCUT2D eigenvalue weighted by Crippen LogP contribution is -2.35. The van der Waals surface area contributed by atoms with Crippen molar-refractivity contribution in [3.05, 3.63) is 24.2 Å². The molecule has 2 aliphatic rings. The van der Waals surface area contributed by atoms with Crippen molar-refractivity contribution in [1.29, 1.82) is 0 Å². The average Bonchev–Trinajstić information content (AvgIpc) is 2.78. The van der Waals surface area contributed by atoms with Gasteiger partial charge in [-0.3, -0.25) is 0 Å². The van der Waals surface area contributed by atoms with Crippen molar-refractivity contribution in [3.63, 3.8) is 0 Å². The number of hydrogen-bond donors (Lipinski definition) is 1. The van der Waals surface area contributed by atoms with Crippen molar-refractivity contribution < 1.29 is 4.42 Å². The first-order valence-electron chi connectivity index (χ1n) is 6.62. The largest absolute Gasteiger partial charge is 0.469 e. The molecule has 1 N–H and O–H groups in total. The molecule has 0 aromatic carbocycles. The lowest BCUT2D eigenvalue weighted by Gasteiger charge is -2.28. The third-order valence-corrected chi connectivity index (χ3v) is 4.14. The standard InChI is InChI=1S/C14H21NO/c1-2-8-14(7-1,11-15-12-5-6-12)10-13-4-3-9-16-13/h3-4,9,12,15H,1-2,5-8,10-11H2. The minimum atomic E-state index is 0.487. The molecule has 0 unspecified atom stereocenters. The molecule has 2 heteroatoms. The van der Waals surface area contributed by atoms with E-state index in [1.54, 1.807) is 6.26 Å². The molecule has 0 atom stereocenters. The van der Waals surface area contributed by atoms with Gasteiger partial charge in [0, 0.05) is 19.0 Å². The molecule has 1 aromatic rings. The zero-order valence-electron chi connectivity index (χ0n) is 9.87. The number of hydrogen-bond acceptors (Lipinski definition) is 2. The predicted molar refractivity (Wildman–Crippen MR) is 64.3 cm³/mol. The van der Waals surface area contributed by atoms with Crippen molar-refractivity contribution in [2.24, 2.45) is 5.41 Å². The van der Waals surface area contributed by atoms with Gasteiger partial charge in [-0.05, 0) is 43.2 Å². The molecule has 2 aliphatic carbocycles. The monoisotopic (exact) mass is 219 g/mol. The maximum Gasteiger partial charge on any atom is 0.104 e. The molecule has 0 radical (unpaired) electrons. The van der Waals surface area contributed by atoms with E-state index in [1.807, 2.05) is 6.07 Å². The number of rotatable bonds is 5. The molecular weight excluding hydrogens is 198 g/mol. The lowest BCUT2D eigenvalue weighted by atomic mass is 9.81. The summed E-state index contributed by atoms with van der Waals surface area (Å²) in [5.74, 6) is 1.17. The number of furan rings is 1. The molecule has 3 rings (SSSR count). The fourth-order valence-electron chi connectivity index (χ4n) is 2.97. The summed E-state index contributed by atoms with van der Waals surface area (Å²) in [5, 5.41) is 3.71. The van der Waals surface area contributed by atoms with Crippen LogP contribution in [0.5, 0.6) is 0 Å². The molecule has 16 heavy (non-hydrogen) atoms. The maximum absolute atomic E-state index is 5.52. The van der Waals surface area contributed by atoms with Gasteiger partial charge in [-0.15, -0.1) is 0 Å². The van der Waals surface area contributed by atoms with Crippen LogP contribution in [0.4, 0.5) is 0 Å². The normalized spacial score (nSPS) is 23.8. The zero-order chi connectivity index (χ0) is 10.8. The first-order valence-corrected chi connectivity index (χ1v) is 6.62. The van der Waals surface area contributed by atoms with Crippen LogP contribution < -0.4 is 5.32 Å². The van der Waals surface area contributed by atoms with Crippen LogP contribution in [0.1, 0.15) is 44.3 Å². The van der Waals surface area contributed by atoms with Crippen LogP contribution in [0.25, 0.3) is 0 Å². The summed E-state index contributed by atoms with van der Waals surface area (Å²) >= 11 is 0. The third-order valence-electron chi connectivity index (χ3n) is 4.14. The van der Waals surface area contributed by atoms with Gasteiger partial charge < -0.3 is 9.73 Å². The van der Waals surface area contributed by atoms with E-state index in [-0.39, 0.29) is 0 Å².